The molecule has 0 aliphatic carbocycles. The standard InChI is InChI=1S/C18H32/c1-7-10-12-17(6)18(13-15(4)9-3)14-16(5)11-8-2/h7-11,16-18H,12-14H2,1-6H3. The normalized spacial score (nSPS) is 18.4. The second-order valence-corrected chi connectivity index (χ2v) is 5.62. The molecule has 0 radical (unpaired) electrons. The van der Waals surface area contributed by atoms with E-state index in [9.17, 15) is 0 Å². The van der Waals surface area contributed by atoms with Crippen molar-refractivity contribution < 1.29 is 0 Å². The smallest absolute Gasteiger partial charge is 0.0259 e. The van der Waals surface area contributed by atoms with Crippen LogP contribution in [0.2, 0.25) is 0 Å². The lowest BCUT2D eigenvalue weighted by Gasteiger charge is -2.25. The molecule has 0 spiro atoms. The molecule has 0 aliphatic heterocycles. The van der Waals surface area contributed by atoms with E-state index in [0.717, 1.165) is 11.8 Å². The van der Waals surface area contributed by atoms with Crippen LogP contribution in [0.5, 0.6) is 0 Å². The number of allylic oxidation sites excluding steroid dienone is 6. The largest absolute Gasteiger partial charge is 0.0917 e. The first-order valence-corrected chi connectivity index (χ1v) is 7.40. The summed E-state index contributed by atoms with van der Waals surface area (Å²) in [5.41, 5.74) is 1.53. The second kappa shape index (κ2) is 10.2. The molecule has 0 saturated heterocycles. The van der Waals surface area contributed by atoms with Crippen molar-refractivity contribution in [3.8, 4) is 0 Å². The maximum absolute atomic E-state index is 2.40. The minimum atomic E-state index is 0.692. The monoisotopic (exact) mass is 248 g/mol. The van der Waals surface area contributed by atoms with Gasteiger partial charge in [-0.25, -0.2) is 0 Å². The predicted molar refractivity (Wildman–Crippen MR) is 84.7 cm³/mol. The molecule has 0 heteroatoms. The van der Waals surface area contributed by atoms with Gasteiger partial charge >= 0.3 is 0 Å². The van der Waals surface area contributed by atoms with Crippen LogP contribution in [0, 0.1) is 17.8 Å². The molecular weight excluding hydrogens is 216 g/mol. The van der Waals surface area contributed by atoms with Crippen LogP contribution in [0.1, 0.15) is 60.8 Å². The minimum absolute atomic E-state index is 0.692. The summed E-state index contributed by atoms with van der Waals surface area (Å²) in [6.45, 7) is 13.4. The molecular formula is C18H32. The van der Waals surface area contributed by atoms with Gasteiger partial charge in [0.05, 0.1) is 0 Å². The predicted octanol–water partition coefficient (Wildman–Crippen LogP) is 6.16. The van der Waals surface area contributed by atoms with Crippen molar-refractivity contribution in [2.45, 2.75) is 60.8 Å². The van der Waals surface area contributed by atoms with Crippen LogP contribution < -0.4 is 0 Å². The van der Waals surface area contributed by atoms with Gasteiger partial charge in [-0.3, -0.25) is 0 Å². The fraction of sp³-hybridized carbons (Fsp3) is 0.667. The van der Waals surface area contributed by atoms with Crippen LogP contribution in [0.3, 0.4) is 0 Å². The molecule has 0 bridgehead atoms. The van der Waals surface area contributed by atoms with E-state index in [1.807, 2.05) is 0 Å². The van der Waals surface area contributed by atoms with E-state index >= 15 is 0 Å². The third-order valence-electron chi connectivity index (χ3n) is 3.82. The van der Waals surface area contributed by atoms with Crippen molar-refractivity contribution in [2.24, 2.45) is 17.8 Å². The lowest BCUT2D eigenvalue weighted by Crippen LogP contribution is -2.15. The maximum atomic E-state index is 2.40. The summed E-state index contributed by atoms with van der Waals surface area (Å²) in [5.74, 6) is 2.25. The minimum Gasteiger partial charge on any atom is -0.0917 e. The Morgan fingerprint density at radius 2 is 1.72 bits per heavy atom. The Bertz CT molecular complexity index is 280. The first-order chi connectivity index (χ1) is 8.54. The summed E-state index contributed by atoms with van der Waals surface area (Å²) < 4.78 is 0. The van der Waals surface area contributed by atoms with Crippen molar-refractivity contribution in [1.29, 1.82) is 0 Å². The zero-order chi connectivity index (χ0) is 14.0. The summed E-state index contributed by atoms with van der Waals surface area (Å²) >= 11 is 0. The average molecular weight is 248 g/mol. The Hall–Kier alpha value is -0.780. The SMILES string of the molecule is CC=CCC(C)C(CC(C)=CC)CC(C)C=CC. The van der Waals surface area contributed by atoms with Gasteiger partial charge < -0.3 is 0 Å². The van der Waals surface area contributed by atoms with Crippen molar-refractivity contribution in [2.75, 3.05) is 0 Å². The van der Waals surface area contributed by atoms with Gasteiger partial charge in [-0.05, 0) is 64.7 Å². The van der Waals surface area contributed by atoms with Crippen LogP contribution in [-0.4, -0.2) is 0 Å². The van der Waals surface area contributed by atoms with Gasteiger partial charge in [0.15, 0.2) is 0 Å². The maximum Gasteiger partial charge on any atom is -0.0259 e. The highest BCUT2D eigenvalue weighted by Gasteiger charge is 2.18. The molecule has 104 valence electrons. The summed E-state index contributed by atoms with van der Waals surface area (Å²) in [7, 11) is 0. The molecule has 0 aliphatic rings. The zero-order valence-electron chi connectivity index (χ0n) is 13.2. The Kier molecular flexibility index (Phi) is 9.73. The van der Waals surface area contributed by atoms with E-state index in [1.54, 1.807) is 0 Å². The molecule has 0 aromatic rings. The van der Waals surface area contributed by atoms with E-state index in [4.69, 9.17) is 0 Å². The summed E-state index contributed by atoms with van der Waals surface area (Å²) in [5, 5.41) is 0. The first-order valence-electron chi connectivity index (χ1n) is 7.40. The summed E-state index contributed by atoms with van der Waals surface area (Å²) in [4.78, 5) is 0. The molecule has 0 aromatic heterocycles. The van der Waals surface area contributed by atoms with Gasteiger partial charge in [-0.2, -0.15) is 0 Å². The molecule has 0 rings (SSSR count). The molecule has 0 N–H and O–H groups in total. The lowest BCUT2D eigenvalue weighted by atomic mass is 9.80. The zero-order valence-corrected chi connectivity index (χ0v) is 13.2. The molecule has 0 amide bonds. The van der Waals surface area contributed by atoms with Crippen LogP contribution in [-0.2, 0) is 0 Å². The quantitative estimate of drug-likeness (QED) is 0.451. The van der Waals surface area contributed by atoms with E-state index in [2.05, 4.69) is 71.9 Å². The van der Waals surface area contributed by atoms with E-state index in [1.165, 1.54) is 24.8 Å². The third kappa shape index (κ3) is 7.53. The van der Waals surface area contributed by atoms with Crippen LogP contribution >= 0.6 is 0 Å². The third-order valence-corrected chi connectivity index (χ3v) is 3.82. The molecule has 0 fully saturated rings. The number of hydrogen-bond donors (Lipinski definition) is 0. The van der Waals surface area contributed by atoms with Crippen molar-refractivity contribution in [3.05, 3.63) is 36.0 Å². The van der Waals surface area contributed by atoms with Crippen LogP contribution in [0.4, 0.5) is 0 Å². The highest BCUT2D eigenvalue weighted by molar-refractivity contribution is 4.99. The highest BCUT2D eigenvalue weighted by Crippen LogP contribution is 2.29. The van der Waals surface area contributed by atoms with Gasteiger partial charge in [0.1, 0.15) is 0 Å². The topological polar surface area (TPSA) is 0 Å². The summed E-state index contributed by atoms with van der Waals surface area (Å²) in [6, 6.07) is 0. The number of hydrogen-bond acceptors (Lipinski definition) is 0. The van der Waals surface area contributed by atoms with Crippen LogP contribution in [0.25, 0.3) is 0 Å². The van der Waals surface area contributed by atoms with Crippen LogP contribution in [0.15, 0.2) is 36.0 Å². The fourth-order valence-corrected chi connectivity index (χ4v) is 2.48. The second-order valence-electron chi connectivity index (χ2n) is 5.62. The first kappa shape index (κ1) is 17.2. The van der Waals surface area contributed by atoms with Gasteiger partial charge in [0.25, 0.3) is 0 Å². The Labute approximate surface area is 115 Å². The Morgan fingerprint density at radius 3 is 2.22 bits per heavy atom. The van der Waals surface area contributed by atoms with Gasteiger partial charge in [0, 0.05) is 0 Å². The fourth-order valence-electron chi connectivity index (χ4n) is 2.48. The van der Waals surface area contributed by atoms with Crippen molar-refractivity contribution >= 4 is 0 Å². The lowest BCUT2D eigenvalue weighted by molar-refractivity contribution is 0.309. The average Bonchev–Trinajstić information content (AvgIpc) is 2.35. The summed E-state index contributed by atoms with van der Waals surface area (Å²) in [6.07, 6.45) is 15.0. The van der Waals surface area contributed by atoms with E-state index in [0.29, 0.717) is 5.92 Å². The van der Waals surface area contributed by atoms with Crippen molar-refractivity contribution in [1.82, 2.24) is 0 Å². The van der Waals surface area contributed by atoms with E-state index < -0.39 is 0 Å². The molecule has 0 saturated carbocycles. The molecule has 3 atom stereocenters. The number of rotatable bonds is 8. The Morgan fingerprint density at radius 1 is 1.06 bits per heavy atom. The van der Waals surface area contributed by atoms with Gasteiger partial charge in [-0.15, -0.1) is 0 Å². The molecule has 0 heterocycles. The van der Waals surface area contributed by atoms with Gasteiger partial charge in [0.2, 0.25) is 0 Å². The van der Waals surface area contributed by atoms with Gasteiger partial charge in [-0.1, -0.05) is 49.8 Å². The van der Waals surface area contributed by atoms with E-state index in [-0.39, 0.29) is 0 Å². The molecule has 0 nitrogen and oxygen atoms in total. The van der Waals surface area contributed by atoms with Crippen molar-refractivity contribution in [3.63, 3.8) is 0 Å². The molecule has 18 heavy (non-hydrogen) atoms. The molecule has 0 aromatic carbocycles. The highest BCUT2D eigenvalue weighted by atomic mass is 14.2. The Balaban J connectivity index is 4.59. The molecule has 3 unspecified atom stereocenters.